The van der Waals surface area contributed by atoms with Gasteiger partial charge in [-0.25, -0.2) is 0 Å². The minimum Gasteiger partial charge on any atom is -0.303 e. The van der Waals surface area contributed by atoms with Gasteiger partial charge < -0.3 is 4.90 Å². The van der Waals surface area contributed by atoms with Crippen LogP contribution in [-0.4, -0.2) is 24.5 Å². The first-order valence-electron chi connectivity index (χ1n) is 8.08. The molecule has 0 N–H and O–H groups in total. The van der Waals surface area contributed by atoms with Crippen LogP contribution in [0.5, 0.6) is 0 Å². The molecule has 1 saturated carbocycles. The second kappa shape index (κ2) is 6.62. The SMILES string of the molecule is C=CCCCN(C)C1CC(C)(C)CC2=CC=C(C#N)CC21. The van der Waals surface area contributed by atoms with Gasteiger partial charge in [0.05, 0.1) is 6.07 Å². The van der Waals surface area contributed by atoms with E-state index >= 15 is 0 Å². The molecule has 2 aliphatic carbocycles. The number of fused-ring (bicyclic) bond motifs is 1. The van der Waals surface area contributed by atoms with Crippen LogP contribution in [0.4, 0.5) is 0 Å². The second-order valence-electron chi connectivity index (χ2n) is 7.38. The monoisotopic (exact) mass is 284 g/mol. The summed E-state index contributed by atoms with van der Waals surface area (Å²) in [5.74, 6) is 0.534. The first-order valence-corrected chi connectivity index (χ1v) is 8.08. The number of allylic oxidation sites excluding steroid dienone is 4. The van der Waals surface area contributed by atoms with Gasteiger partial charge >= 0.3 is 0 Å². The van der Waals surface area contributed by atoms with Gasteiger partial charge in [-0.1, -0.05) is 31.6 Å². The molecule has 0 aromatic rings. The molecule has 0 amide bonds. The molecule has 21 heavy (non-hydrogen) atoms. The molecule has 0 bridgehead atoms. The van der Waals surface area contributed by atoms with E-state index in [9.17, 15) is 5.26 Å². The van der Waals surface area contributed by atoms with E-state index in [0.717, 1.165) is 25.0 Å². The van der Waals surface area contributed by atoms with Gasteiger partial charge in [0, 0.05) is 17.5 Å². The van der Waals surface area contributed by atoms with Crippen molar-refractivity contribution in [2.24, 2.45) is 11.3 Å². The molecule has 0 radical (unpaired) electrons. The zero-order valence-corrected chi connectivity index (χ0v) is 13.7. The van der Waals surface area contributed by atoms with Gasteiger partial charge in [-0.15, -0.1) is 6.58 Å². The van der Waals surface area contributed by atoms with E-state index in [-0.39, 0.29) is 0 Å². The van der Waals surface area contributed by atoms with E-state index in [1.807, 2.05) is 12.2 Å². The van der Waals surface area contributed by atoms with Gasteiger partial charge in [0.15, 0.2) is 0 Å². The Morgan fingerprint density at radius 3 is 2.90 bits per heavy atom. The molecule has 0 heterocycles. The largest absolute Gasteiger partial charge is 0.303 e. The minimum absolute atomic E-state index is 0.359. The Hall–Kier alpha value is -1.33. The molecule has 0 saturated heterocycles. The molecule has 2 atom stereocenters. The maximum Gasteiger partial charge on any atom is 0.0947 e. The summed E-state index contributed by atoms with van der Waals surface area (Å²) in [6.45, 7) is 9.67. The first-order chi connectivity index (χ1) is 9.96. The summed E-state index contributed by atoms with van der Waals surface area (Å²) in [6, 6.07) is 2.91. The van der Waals surface area contributed by atoms with Crippen molar-refractivity contribution in [3.63, 3.8) is 0 Å². The molecule has 2 heteroatoms. The fourth-order valence-electron chi connectivity index (χ4n) is 3.87. The highest BCUT2D eigenvalue weighted by Crippen LogP contribution is 2.46. The molecule has 2 nitrogen and oxygen atoms in total. The molecular formula is C19H28N2. The van der Waals surface area contributed by atoms with E-state index < -0.39 is 0 Å². The van der Waals surface area contributed by atoms with Gasteiger partial charge in [0.2, 0.25) is 0 Å². The summed E-state index contributed by atoms with van der Waals surface area (Å²) < 4.78 is 0. The molecule has 1 fully saturated rings. The molecule has 0 aromatic heterocycles. The lowest BCUT2D eigenvalue weighted by Crippen LogP contribution is -2.46. The predicted molar refractivity (Wildman–Crippen MR) is 88.8 cm³/mol. The van der Waals surface area contributed by atoms with Crippen LogP contribution in [0.1, 0.15) is 46.0 Å². The normalized spacial score (nSPS) is 27.4. The summed E-state index contributed by atoms with van der Waals surface area (Å²) in [5, 5.41) is 9.21. The summed E-state index contributed by atoms with van der Waals surface area (Å²) in [5.41, 5.74) is 2.84. The number of hydrogen-bond acceptors (Lipinski definition) is 2. The van der Waals surface area contributed by atoms with Crippen molar-refractivity contribution in [1.82, 2.24) is 4.90 Å². The molecule has 0 aliphatic heterocycles. The summed E-state index contributed by atoms with van der Waals surface area (Å²) in [4.78, 5) is 2.52. The van der Waals surface area contributed by atoms with Gasteiger partial charge in [-0.05, 0) is 57.2 Å². The Labute approximate surface area is 129 Å². The highest BCUT2D eigenvalue weighted by Gasteiger charge is 2.40. The average Bonchev–Trinajstić information content (AvgIpc) is 2.45. The highest BCUT2D eigenvalue weighted by molar-refractivity contribution is 5.36. The first kappa shape index (κ1) is 16.0. The highest BCUT2D eigenvalue weighted by atomic mass is 15.1. The van der Waals surface area contributed by atoms with E-state index in [2.05, 4.69) is 44.5 Å². The van der Waals surface area contributed by atoms with Crippen LogP contribution >= 0.6 is 0 Å². The van der Waals surface area contributed by atoms with Gasteiger partial charge in [0.25, 0.3) is 0 Å². The van der Waals surface area contributed by atoms with Gasteiger partial charge in [-0.2, -0.15) is 5.26 Å². The van der Waals surface area contributed by atoms with Crippen molar-refractivity contribution in [2.75, 3.05) is 13.6 Å². The maximum absolute atomic E-state index is 9.21. The van der Waals surface area contributed by atoms with E-state index in [0.29, 0.717) is 17.4 Å². The van der Waals surface area contributed by atoms with Crippen LogP contribution in [0.2, 0.25) is 0 Å². The van der Waals surface area contributed by atoms with Crippen LogP contribution in [0.25, 0.3) is 0 Å². The third-order valence-corrected chi connectivity index (χ3v) is 4.95. The van der Waals surface area contributed by atoms with E-state index in [1.165, 1.54) is 19.3 Å². The zero-order chi connectivity index (χ0) is 15.5. The van der Waals surface area contributed by atoms with Crippen LogP contribution in [0.3, 0.4) is 0 Å². The van der Waals surface area contributed by atoms with Gasteiger partial charge in [0.1, 0.15) is 0 Å². The molecule has 0 aromatic carbocycles. The van der Waals surface area contributed by atoms with E-state index in [1.54, 1.807) is 5.57 Å². The molecule has 2 unspecified atom stereocenters. The maximum atomic E-state index is 9.21. The third kappa shape index (κ3) is 3.86. The summed E-state index contributed by atoms with van der Waals surface area (Å²) in [7, 11) is 2.25. The summed E-state index contributed by atoms with van der Waals surface area (Å²) in [6.07, 6.45) is 11.8. The van der Waals surface area contributed by atoms with Crippen molar-refractivity contribution in [3.05, 3.63) is 36.0 Å². The molecular weight excluding hydrogens is 256 g/mol. The standard InChI is InChI=1S/C19H28N2/c1-5-6-7-10-21(4)18-13-19(2,3)12-16-9-8-15(14-20)11-17(16)18/h5,8-9,17-18H,1,6-7,10-13H2,2-4H3. The average molecular weight is 284 g/mol. The van der Waals surface area contributed by atoms with Crippen molar-refractivity contribution < 1.29 is 0 Å². The number of rotatable bonds is 5. The number of unbranched alkanes of at least 4 members (excludes halogenated alkanes) is 1. The molecule has 2 rings (SSSR count). The third-order valence-electron chi connectivity index (χ3n) is 4.95. The van der Waals surface area contributed by atoms with Gasteiger partial charge in [-0.3, -0.25) is 0 Å². The quantitative estimate of drug-likeness (QED) is 0.550. The van der Waals surface area contributed by atoms with Crippen molar-refractivity contribution in [3.8, 4) is 6.07 Å². The smallest absolute Gasteiger partial charge is 0.0947 e. The van der Waals surface area contributed by atoms with Crippen LogP contribution < -0.4 is 0 Å². The Kier molecular flexibility index (Phi) is 5.06. The van der Waals surface area contributed by atoms with Crippen LogP contribution in [0.15, 0.2) is 36.0 Å². The zero-order valence-electron chi connectivity index (χ0n) is 13.7. The van der Waals surface area contributed by atoms with Crippen molar-refractivity contribution >= 4 is 0 Å². The number of nitrogens with zero attached hydrogens (tertiary/aromatic N) is 2. The Morgan fingerprint density at radius 1 is 1.48 bits per heavy atom. The molecule has 0 spiro atoms. The fourth-order valence-corrected chi connectivity index (χ4v) is 3.87. The second-order valence-corrected chi connectivity index (χ2v) is 7.38. The number of hydrogen-bond donors (Lipinski definition) is 0. The van der Waals surface area contributed by atoms with E-state index in [4.69, 9.17) is 0 Å². The topological polar surface area (TPSA) is 27.0 Å². The predicted octanol–water partition coefficient (Wildman–Crippen LogP) is 4.47. The summed E-state index contributed by atoms with van der Waals surface area (Å²) >= 11 is 0. The lowest BCUT2D eigenvalue weighted by atomic mass is 9.64. The fraction of sp³-hybridized carbons (Fsp3) is 0.632. The molecule has 114 valence electrons. The van der Waals surface area contributed by atoms with Crippen molar-refractivity contribution in [2.45, 2.75) is 52.0 Å². The number of nitriles is 1. The Bertz CT molecular complexity index is 490. The Morgan fingerprint density at radius 2 is 2.24 bits per heavy atom. The van der Waals surface area contributed by atoms with Crippen LogP contribution in [0, 0.1) is 22.7 Å². The van der Waals surface area contributed by atoms with Crippen molar-refractivity contribution in [1.29, 1.82) is 5.26 Å². The molecule has 2 aliphatic rings. The van der Waals surface area contributed by atoms with Crippen LogP contribution in [-0.2, 0) is 0 Å². The minimum atomic E-state index is 0.359. The lowest BCUT2D eigenvalue weighted by molar-refractivity contribution is 0.0972. The Balaban J connectivity index is 2.15. The lowest BCUT2D eigenvalue weighted by Gasteiger charge is -2.47.